The van der Waals surface area contributed by atoms with Crippen molar-refractivity contribution in [1.82, 2.24) is 0 Å². The first kappa shape index (κ1) is 18.8. The number of ether oxygens (including phenoxy) is 6. The largest absolute Gasteiger partial charge is 0.487 e. The number of nitrogens with one attached hydrogen (secondary N) is 1. The zero-order valence-electron chi connectivity index (χ0n) is 14.3. The van der Waals surface area contributed by atoms with Crippen LogP contribution in [0.5, 0.6) is 11.5 Å². The monoisotopic (exact) mass is 341 g/mol. The second-order valence-corrected chi connectivity index (χ2v) is 5.06. The van der Waals surface area contributed by atoms with E-state index in [9.17, 15) is 0 Å². The molecule has 0 aliphatic carbocycles. The van der Waals surface area contributed by atoms with Gasteiger partial charge in [-0.1, -0.05) is 0 Å². The Kier molecular flexibility index (Phi) is 9.33. The molecule has 0 saturated heterocycles. The van der Waals surface area contributed by atoms with Crippen molar-refractivity contribution in [2.45, 2.75) is 0 Å². The number of fused-ring (bicyclic) bond motifs is 1. The van der Waals surface area contributed by atoms with Crippen LogP contribution >= 0.6 is 0 Å². The summed E-state index contributed by atoms with van der Waals surface area (Å²) >= 11 is 0. The highest BCUT2D eigenvalue weighted by Crippen LogP contribution is 2.30. The van der Waals surface area contributed by atoms with Crippen molar-refractivity contribution in [3.63, 3.8) is 0 Å². The molecule has 1 N–H and O–H groups in total. The summed E-state index contributed by atoms with van der Waals surface area (Å²) in [7, 11) is 1.86. The van der Waals surface area contributed by atoms with E-state index in [0.717, 1.165) is 5.69 Å². The molecule has 0 unspecified atom stereocenters. The lowest BCUT2D eigenvalue weighted by molar-refractivity contribution is -0.00841. The van der Waals surface area contributed by atoms with Crippen molar-refractivity contribution < 1.29 is 28.4 Å². The molecule has 1 aliphatic heterocycles. The Balaban J connectivity index is 1.88. The molecule has 0 aromatic heterocycles. The van der Waals surface area contributed by atoms with Gasteiger partial charge in [0, 0.05) is 18.8 Å². The van der Waals surface area contributed by atoms with E-state index in [1.165, 1.54) is 0 Å². The van der Waals surface area contributed by atoms with Crippen molar-refractivity contribution in [2.24, 2.45) is 0 Å². The van der Waals surface area contributed by atoms with Crippen LogP contribution in [0.3, 0.4) is 0 Å². The lowest BCUT2D eigenvalue weighted by Crippen LogP contribution is -2.16. The van der Waals surface area contributed by atoms with Crippen molar-refractivity contribution in [2.75, 3.05) is 78.4 Å². The van der Waals surface area contributed by atoms with Crippen molar-refractivity contribution in [1.29, 1.82) is 0 Å². The maximum Gasteiger partial charge on any atom is 0.163 e. The van der Waals surface area contributed by atoms with E-state index >= 15 is 0 Å². The van der Waals surface area contributed by atoms with Crippen LogP contribution < -0.4 is 14.8 Å². The van der Waals surface area contributed by atoms with Crippen LogP contribution in [0, 0.1) is 0 Å². The van der Waals surface area contributed by atoms with Crippen LogP contribution in [0.1, 0.15) is 0 Å². The predicted octanol–water partition coefficient (Wildman–Crippen LogP) is 1.57. The Morgan fingerprint density at radius 1 is 0.625 bits per heavy atom. The Morgan fingerprint density at radius 3 is 1.58 bits per heavy atom. The smallest absolute Gasteiger partial charge is 0.163 e. The average Bonchev–Trinajstić information content (AvgIpc) is 2.61. The first-order chi connectivity index (χ1) is 11.9. The molecule has 1 heterocycles. The van der Waals surface area contributed by atoms with Gasteiger partial charge >= 0.3 is 0 Å². The summed E-state index contributed by atoms with van der Waals surface area (Å²) in [5.41, 5.74) is 0.960. The van der Waals surface area contributed by atoms with E-state index < -0.39 is 0 Å². The summed E-state index contributed by atoms with van der Waals surface area (Å²) in [6, 6.07) is 5.74. The van der Waals surface area contributed by atoms with Crippen molar-refractivity contribution in [3.05, 3.63) is 18.2 Å². The maximum absolute atomic E-state index is 5.78. The number of anilines is 1. The maximum atomic E-state index is 5.78. The van der Waals surface area contributed by atoms with Crippen LogP contribution in [0.2, 0.25) is 0 Å². The van der Waals surface area contributed by atoms with E-state index in [0.29, 0.717) is 77.6 Å². The molecule has 7 nitrogen and oxygen atoms in total. The average molecular weight is 341 g/mol. The van der Waals surface area contributed by atoms with Crippen LogP contribution in [-0.4, -0.2) is 73.1 Å². The number of rotatable bonds is 1. The van der Waals surface area contributed by atoms with Gasteiger partial charge in [-0.2, -0.15) is 0 Å². The van der Waals surface area contributed by atoms with Crippen LogP contribution in [0.15, 0.2) is 18.2 Å². The minimum absolute atomic E-state index is 0.448. The molecule has 0 radical (unpaired) electrons. The number of benzene rings is 1. The Bertz CT molecular complexity index is 457. The fourth-order valence-electron chi connectivity index (χ4n) is 2.08. The van der Waals surface area contributed by atoms with Gasteiger partial charge in [0.15, 0.2) is 11.5 Å². The molecule has 0 saturated carbocycles. The molecule has 1 aromatic carbocycles. The third kappa shape index (κ3) is 7.35. The Labute approximate surface area is 143 Å². The van der Waals surface area contributed by atoms with Gasteiger partial charge in [-0.05, 0) is 12.1 Å². The third-order valence-electron chi connectivity index (χ3n) is 3.32. The number of hydrogen-bond donors (Lipinski definition) is 1. The molecule has 24 heavy (non-hydrogen) atoms. The standard InChI is InChI=1S/C17H27NO6/c1-18-15-2-3-16-17(14-15)24-13-11-22-9-7-20-5-4-19-6-8-21-10-12-23-16/h2-3,14,18H,4-13H2,1H3. The highest BCUT2D eigenvalue weighted by molar-refractivity contribution is 5.54. The second kappa shape index (κ2) is 11.9. The van der Waals surface area contributed by atoms with E-state index in [1.807, 2.05) is 25.2 Å². The molecular formula is C17H27NO6. The van der Waals surface area contributed by atoms with Gasteiger partial charge in [0.05, 0.1) is 52.9 Å². The Morgan fingerprint density at radius 2 is 1.08 bits per heavy atom. The predicted molar refractivity (Wildman–Crippen MR) is 90.3 cm³/mol. The zero-order chi connectivity index (χ0) is 16.9. The van der Waals surface area contributed by atoms with Crippen LogP contribution in [0.4, 0.5) is 5.69 Å². The lowest BCUT2D eigenvalue weighted by Gasteiger charge is -2.15. The van der Waals surface area contributed by atoms with Gasteiger partial charge in [-0.15, -0.1) is 0 Å². The second-order valence-electron chi connectivity index (χ2n) is 5.06. The lowest BCUT2D eigenvalue weighted by atomic mass is 10.3. The molecule has 136 valence electrons. The van der Waals surface area contributed by atoms with E-state index in [-0.39, 0.29) is 0 Å². The molecule has 0 fully saturated rings. The molecule has 0 spiro atoms. The van der Waals surface area contributed by atoms with Gasteiger partial charge in [0.1, 0.15) is 13.2 Å². The molecule has 0 bridgehead atoms. The normalized spacial score (nSPS) is 19.0. The molecule has 1 aromatic rings. The molecule has 2 rings (SSSR count). The minimum Gasteiger partial charge on any atom is -0.487 e. The first-order valence-electron chi connectivity index (χ1n) is 8.28. The van der Waals surface area contributed by atoms with Crippen LogP contribution in [0.25, 0.3) is 0 Å². The van der Waals surface area contributed by atoms with Gasteiger partial charge < -0.3 is 33.7 Å². The zero-order valence-corrected chi connectivity index (χ0v) is 14.3. The molecular weight excluding hydrogens is 314 g/mol. The van der Waals surface area contributed by atoms with Gasteiger partial charge in [0.2, 0.25) is 0 Å². The topological polar surface area (TPSA) is 67.4 Å². The summed E-state index contributed by atoms with van der Waals surface area (Å²) in [4.78, 5) is 0. The molecule has 0 amide bonds. The number of hydrogen-bond acceptors (Lipinski definition) is 7. The molecule has 0 atom stereocenters. The highest BCUT2D eigenvalue weighted by atomic mass is 16.6. The van der Waals surface area contributed by atoms with E-state index in [2.05, 4.69) is 5.32 Å². The van der Waals surface area contributed by atoms with Gasteiger partial charge in [0.25, 0.3) is 0 Å². The summed E-state index contributed by atoms with van der Waals surface area (Å²) < 4.78 is 33.3. The minimum atomic E-state index is 0.448. The third-order valence-corrected chi connectivity index (χ3v) is 3.32. The van der Waals surface area contributed by atoms with Crippen LogP contribution in [-0.2, 0) is 18.9 Å². The highest BCUT2D eigenvalue weighted by Gasteiger charge is 2.07. The fourth-order valence-corrected chi connectivity index (χ4v) is 2.08. The van der Waals surface area contributed by atoms with E-state index in [1.54, 1.807) is 0 Å². The molecule has 7 heteroatoms. The molecule has 1 aliphatic rings. The van der Waals surface area contributed by atoms with Crippen molar-refractivity contribution in [3.8, 4) is 11.5 Å². The fraction of sp³-hybridized carbons (Fsp3) is 0.647. The van der Waals surface area contributed by atoms with Gasteiger partial charge in [-0.25, -0.2) is 0 Å². The Hall–Kier alpha value is -1.54. The quantitative estimate of drug-likeness (QED) is 0.831. The van der Waals surface area contributed by atoms with Crippen molar-refractivity contribution >= 4 is 5.69 Å². The summed E-state index contributed by atoms with van der Waals surface area (Å²) in [6.07, 6.45) is 0. The summed E-state index contributed by atoms with van der Waals surface area (Å²) in [5.74, 6) is 1.38. The summed E-state index contributed by atoms with van der Waals surface area (Å²) in [6.45, 7) is 5.17. The summed E-state index contributed by atoms with van der Waals surface area (Å²) in [5, 5.41) is 3.09. The SMILES string of the molecule is CNc1ccc2c(c1)OCCOCCOCCOCCOCCO2. The van der Waals surface area contributed by atoms with E-state index in [4.69, 9.17) is 28.4 Å². The first-order valence-corrected chi connectivity index (χ1v) is 8.28. The van der Waals surface area contributed by atoms with Gasteiger partial charge in [-0.3, -0.25) is 0 Å².